The fraction of sp³-hybridized carbons (Fsp3) is 0.600. The van der Waals surface area contributed by atoms with Crippen LogP contribution in [0.3, 0.4) is 0 Å². The summed E-state index contributed by atoms with van der Waals surface area (Å²) in [7, 11) is 0. The standard InChI is InChI=1S/C20H31FN4O3.HI/c1-3-22-19(25-13-20(6-10-26)7-11-28-14-20)24-9-8-23-18(27)16-5-4-15(2)17(21)12-16;/h4-5,12,26H,3,6-11,13-14H2,1-2H3,(H,23,27)(H2,22,24,25);1H. The van der Waals surface area contributed by atoms with Gasteiger partial charge >= 0.3 is 0 Å². The summed E-state index contributed by atoms with van der Waals surface area (Å²) in [6.07, 6.45) is 1.55. The highest BCUT2D eigenvalue weighted by Crippen LogP contribution is 2.32. The van der Waals surface area contributed by atoms with Crippen LogP contribution in [0.15, 0.2) is 23.2 Å². The van der Waals surface area contributed by atoms with Gasteiger partial charge in [0.2, 0.25) is 0 Å². The molecule has 4 N–H and O–H groups in total. The number of aliphatic hydroxyl groups is 1. The third-order valence-electron chi connectivity index (χ3n) is 4.88. The lowest BCUT2D eigenvalue weighted by molar-refractivity contribution is 0.0954. The van der Waals surface area contributed by atoms with Crippen molar-refractivity contribution in [2.24, 2.45) is 10.4 Å². The zero-order valence-corrected chi connectivity index (χ0v) is 19.4. The molecule has 1 fully saturated rings. The number of carbonyl (C=O) groups excluding carboxylic acids is 1. The number of aryl methyl sites for hydroxylation is 1. The molecule has 0 radical (unpaired) electrons. The molecule has 1 aromatic carbocycles. The Balaban J connectivity index is 0.00000420. The van der Waals surface area contributed by atoms with E-state index in [-0.39, 0.29) is 47.7 Å². The van der Waals surface area contributed by atoms with Gasteiger partial charge in [-0.15, -0.1) is 24.0 Å². The van der Waals surface area contributed by atoms with E-state index in [0.29, 0.717) is 62.9 Å². The number of hydrogen-bond acceptors (Lipinski definition) is 4. The Morgan fingerprint density at radius 3 is 2.69 bits per heavy atom. The van der Waals surface area contributed by atoms with Crippen molar-refractivity contribution in [2.45, 2.75) is 26.7 Å². The largest absolute Gasteiger partial charge is 0.396 e. The van der Waals surface area contributed by atoms with Crippen LogP contribution in [0.1, 0.15) is 35.7 Å². The second kappa shape index (κ2) is 13.0. The number of halogens is 2. The van der Waals surface area contributed by atoms with Crippen LogP contribution in [-0.2, 0) is 4.74 Å². The van der Waals surface area contributed by atoms with Gasteiger partial charge in [-0.2, -0.15) is 0 Å². The van der Waals surface area contributed by atoms with Crippen molar-refractivity contribution in [3.05, 3.63) is 35.1 Å². The van der Waals surface area contributed by atoms with Crippen molar-refractivity contribution in [2.75, 3.05) is 46.0 Å². The van der Waals surface area contributed by atoms with Crippen LogP contribution in [0.25, 0.3) is 0 Å². The number of ether oxygens (including phenoxy) is 1. The number of guanidine groups is 1. The van der Waals surface area contributed by atoms with E-state index in [9.17, 15) is 14.3 Å². The smallest absolute Gasteiger partial charge is 0.251 e. The summed E-state index contributed by atoms with van der Waals surface area (Å²) in [6.45, 7) is 7.21. The number of hydrogen-bond donors (Lipinski definition) is 4. The molecule has 7 nitrogen and oxygen atoms in total. The van der Waals surface area contributed by atoms with Crippen molar-refractivity contribution in [1.29, 1.82) is 0 Å². The van der Waals surface area contributed by atoms with Crippen LogP contribution >= 0.6 is 24.0 Å². The lowest BCUT2D eigenvalue weighted by Crippen LogP contribution is -2.42. The summed E-state index contributed by atoms with van der Waals surface area (Å²) >= 11 is 0. The summed E-state index contributed by atoms with van der Waals surface area (Å²) in [4.78, 5) is 16.7. The van der Waals surface area contributed by atoms with Crippen LogP contribution in [0.2, 0.25) is 0 Å². The average Bonchev–Trinajstić information content (AvgIpc) is 3.14. The molecular weight excluding hydrogens is 490 g/mol. The van der Waals surface area contributed by atoms with Gasteiger partial charge in [0.15, 0.2) is 5.96 Å². The van der Waals surface area contributed by atoms with E-state index in [1.807, 2.05) is 6.92 Å². The predicted octanol–water partition coefficient (Wildman–Crippen LogP) is 1.83. The molecule has 0 spiro atoms. The molecule has 1 heterocycles. The zero-order chi connectivity index (χ0) is 20.4. The first-order valence-electron chi connectivity index (χ1n) is 9.75. The number of nitrogens with zero attached hydrogens (tertiary/aromatic N) is 1. The molecule has 0 bridgehead atoms. The van der Waals surface area contributed by atoms with Crippen LogP contribution in [0.5, 0.6) is 0 Å². The van der Waals surface area contributed by atoms with E-state index in [0.717, 1.165) is 6.42 Å². The van der Waals surface area contributed by atoms with Gasteiger partial charge in [0.1, 0.15) is 5.82 Å². The van der Waals surface area contributed by atoms with E-state index in [1.165, 1.54) is 6.07 Å². The Bertz CT molecular complexity index is 682. The molecule has 29 heavy (non-hydrogen) atoms. The Labute approximate surface area is 188 Å². The summed E-state index contributed by atoms with van der Waals surface area (Å²) in [6, 6.07) is 4.44. The topological polar surface area (TPSA) is 95.0 Å². The highest BCUT2D eigenvalue weighted by molar-refractivity contribution is 14.0. The molecule has 1 aliphatic heterocycles. The van der Waals surface area contributed by atoms with E-state index >= 15 is 0 Å². The average molecular weight is 522 g/mol. The maximum absolute atomic E-state index is 13.6. The van der Waals surface area contributed by atoms with Gasteiger partial charge < -0.3 is 25.8 Å². The second-order valence-electron chi connectivity index (χ2n) is 7.12. The van der Waals surface area contributed by atoms with Crippen molar-refractivity contribution >= 4 is 35.8 Å². The van der Waals surface area contributed by atoms with Crippen LogP contribution < -0.4 is 16.0 Å². The van der Waals surface area contributed by atoms with E-state index in [4.69, 9.17) is 4.74 Å². The molecule has 2 rings (SSSR count). The molecule has 1 atom stereocenters. The number of carbonyl (C=O) groups is 1. The molecule has 1 saturated heterocycles. The molecule has 1 unspecified atom stereocenters. The number of aliphatic imine (C=N–C) groups is 1. The van der Waals surface area contributed by atoms with Crippen LogP contribution in [0, 0.1) is 18.2 Å². The van der Waals surface area contributed by atoms with Crippen LogP contribution in [-0.4, -0.2) is 63.0 Å². The number of benzene rings is 1. The van der Waals surface area contributed by atoms with Crippen molar-refractivity contribution in [1.82, 2.24) is 16.0 Å². The van der Waals surface area contributed by atoms with Crippen molar-refractivity contribution in [3.63, 3.8) is 0 Å². The molecular formula is C20H32FIN4O3. The summed E-state index contributed by atoms with van der Waals surface area (Å²) < 4.78 is 19.1. The highest BCUT2D eigenvalue weighted by atomic mass is 127. The summed E-state index contributed by atoms with van der Waals surface area (Å²) in [5, 5.41) is 18.4. The molecule has 1 aromatic rings. The van der Waals surface area contributed by atoms with Gasteiger partial charge in [-0.25, -0.2) is 4.39 Å². The minimum Gasteiger partial charge on any atom is -0.396 e. The predicted molar refractivity (Wildman–Crippen MR) is 122 cm³/mol. The molecule has 9 heteroatoms. The quantitative estimate of drug-likeness (QED) is 0.172. The highest BCUT2D eigenvalue weighted by Gasteiger charge is 2.34. The Morgan fingerprint density at radius 1 is 1.31 bits per heavy atom. The molecule has 1 aliphatic rings. The first-order chi connectivity index (χ1) is 13.5. The number of rotatable bonds is 9. The van der Waals surface area contributed by atoms with Gasteiger partial charge in [0, 0.05) is 43.8 Å². The number of nitrogens with one attached hydrogen (secondary N) is 3. The van der Waals surface area contributed by atoms with Gasteiger partial charge in [-0.3, -0.25) is 9.79 Å². The summed E-state index contributed by atoms with van der Waals surface area (Å²) in [5.74, 6) is -0.0463. The normalized spacial score (nSPS) is 18.8. The maximum Gasteiger partial charge on any atom is 0.251 e. The first kappa shape index (κ1) is 25.6. The molecule has 0 aromatic heterocycles. The minimum absolute atomic E-state index is 0. The fourth-order valence-corrected chi connectivity index (χ4v) is 3.07. The third kappa shape index (κ3) is 8.06. The van der Waals surface area contributed by atoms with Crippen molar-refractivity contribution in [3.8, 4) is 0 Å². The molecule has 0 saturated carbocycles. The lowest BCUT2D eigenvalue weighted by Gasteiger charge is -2.24. The van der Waals surface area contributed by atoms with Gasteiger partial charge in [0.25, 0.3) is 5.91 Å². The fourth-order valence-electron chi connectivity index (χ4n) is 3.07. The number of amides is 1. The van der Waals surface area contributed by atoms with E-state index < -0.39 is 0 Å². The number of aliphatic hydroxyl groups excluding tert-OH is 1. The zero-order valence-electron chi connectivity index (χ0n) is 17.1. The van der Waals surface area contributed by atoms with Crippen LogP contribution in [0.4, 0.5) is 4.39 Å². The van der Waals surface area contributed by atoms with Gasteiger partial charge in [-0.05, 0) is 44.4 Å². The maximum atomic E-state index is 13.6. The first-order valence-corrected chi connectivity index (χ1v) is 9.75. The second-order valence-corrected chi connectivity index (χ2v) is 7.12. The van der Waals surface area contributed by atoms with Gasteiger partial charge in [-0.1, -0.05) is 6.07 Å². The molecule has 1 amide bonds. The monoisotopic (exact) mass is 522 g/mol. The van der Waals surface area contributed by atoms with Gasteiger partial charge in [0.05, 0.1) is 13.2 Å². The lowest BCUT2D eigenvalue weighted by atomic mass is 9.84. The Hall–Kier alpha value is -1.46. The van der Waals surface area contributed by atoms with Crippen molar-refractivity contribution < 1.29 is 19.0 Å². The van der Waals surface area contributed by atoms with E-state index in [1.54, 1.807) is 19.1 Å². The van der Waals surface area contributed by atoms with E-state index in [2.05, 4.69) is 20.9 Å². The Morgan fingerprint density at radius 2 is 2.07 bits per heavy atom. The SMILES string of the molecule is CCNC(=NCC1(CCO)CCOC1)NCCNC(=O)c1ccc(C)c(F)c1.I. The molecule has 0 aliphatic carbocycles. The summed E-state index contributed by atoms with van der Waals surface area (Å²) in [5.41, 5.74) is 0.702. The third-order valence-corrected chi connectivity index (χ3v) is 4.88. The molecule has 164 valence electrons. The minimum atomic E-state index is -0.389. The Kier molecular flexibility index (Phi) is 11.4.